The molecular weight excluding hydrogens is 214 g/mol. The van der Waals surface area contributed by atoms with E-state index in [2.05, 4.69) is 7.28 Å². The Kier molecular flexibility index (Phi) is 3.81. The Hall–Kier alpha value is -1.77. The lowest BCUT2D eigenvalue weighted by Gasteiger charge is -2.03. The van der Waals surface area contributed by atoms with Crippen LogP contribution in [0, 0.1) is 5.82 Å². The van der Waals surface area contributed by atoms with Crippen molar-refractivity contribution in [2.75, 3.05) is 7.11 Å². The van der Waals surface area contributed by atoms with Crippen LogP contribution in [0.4, 0.5) is 4.39 Å². The summed E-state index contributed by atoms with van der Waals surface area (Å²) in [6.45, 7) is 0. The van der Waals surface area contributed by atoms with E-state index in [9.17, 15) is 4.39 Å². The lowest BCUT2D eigenvalue weighted by Crippen LogP contribution is -2.16. The third-order valence-corrected chi connectivity index (χ3v) is 2.60. The maximum atomic E-state index is 12.7. The molecule has 0 unspecified atom stereocenters. The number of benzene rings is 2. The van der Waals surface area contributed by atoms with Gasteiger partial charge in [-0.2, -0.15) is 0 Å². The van der Waals surface area contributed by atoms with E-state index in [1.54, 1.807) is 19.2 Å². The van der Waals surface area contributed by atoms with E-state index in [1.807, 2.05) is 24.3 Å². The summed E-state index contributed by atoms with van der Waals surface area (Å²) in [6.07, 6.45) is 0.829. The fourth-order valence-corrected chi connectivity index (χ4v) is 1.60. The van der Waals surface area contributed by atoms with Crippen LogP contribution in [0.5, 0.6) is 5.75 Å². The molecule has 17 heavy (non-hydrogen) atoms. The second-order valence-electron chi connectivity index (χ2n) is 3.81. The van der Waals surface area contributed by atoms with E-state index < -0.39 is 0 Å². The molecule has 0 aliphatic carbocycles. The van der Waals surface area contributed by atoms with Gasteiger partial charge in [0.2, 0.25) is 0 Å². The van der Waals surface area contributed by atoms with Gasteiger partial charge < -0.3 is 4.74 Å². The third-order valence-electron chi connectivity index (χ3n) is 2.60. The number of rotatable bonds is 4. The molecule has 85 valence electrons. The average molecular weight is 227 g/mol. The van der Waals surface area contributed by atoms with Gasteiger partial charge in [0, 0.05) is 0 Å². The Morgan fingerprint density at radius 2 is 1.65 bits per heavy atom. The molecule has 2 rings (SSSR count). The summed E-state index contributed by atoms with van der Waals surface area (Å²) in [6, 6.07) is 14.4. The molecule has 0 bridgehead atoms. The van der Waals surface area contributed by atoms with E-state index in [0.29, 0.717) is 0 Å². The van der Waals surface area contributed by atoms with E-state index in [0.717, 1.165) is 17.5 Å². The normalized spacial score (nSPS) is 10.0. The smallest absolute Gasteiger partial charge is 0.156 e. The van der Waals surface area contributed by atoms with Crippen LogP contribution in [-0.2, 0) is 6.32 Å². The quantitative estimate of drug-likeness (QED) is 0.728. The highest BCUT2D eigenvalue weighted by atomic mass is 19.1. The molecular formula is C14H13BFO. The zero-order valence-electron chi connectivity index (χ0n) is 9.69. The molecule has 0 aliphatic rings. The predicted molar refractivity (Wildman–Crippen MR) is 68.5 cm³/mol. The Labute approximate surface area is 101 Å². The molecule has 3 heteroatoms. The van der Waals surface area contributed by atoms with Crippen LogP contribution in [0.1, 0.15) is 5.56 Å². The van der Waals surface area contributed by atoms with E-state index in [1.165, 1.54) is 17.7 Å². The van der Waals surface area contributed by atoms with Crippen LogP contribution in [0.25, 0.3) is 0 Å². The lowest BCUT2D eigenvalue weighted by atomic mass is 9.65. The van der Waals surface area contributed by atoms with Crippen LogP contribution in [0.2, 0.25) is 0 Å². The molecule has 0 spiro atoms. The Balaban J connectivity index is 1.95. The summed E-state index contributed by atoms with van der Waals surface area (Å²) in [5, 5.41) is 0. The van der Waals surface area contributed by atoms with Crippen molar-refractivity contribution in [3.63, 3.8) is 0 Å². The van der Waals surface area contributed by atoms with Crippen molar-refractivity contribution in [1.29, 1.82) is 0 Å². The van der Waals surface area contributed by atoms with Crippen molar-refractivity contribution < 1.29 is 9.13 Å². The van der Waals surface area contributed by atoms with Gasteiger partial charge >= 0.3 is 0 Å². The highest BCUT2D eigenvalue weighted by Gasteiger charge is 1.99. The summed E-state index contributed by atoms with van der Waals surface area (Å²) in [7, 11) is 3.72. The van der Waals surface area contributed by atoms with Crippen molar-refractivity contribution in [2.45, 2.75) is 6.32 Å². The Morgan fingerprint density at radius 1 is 1.00 bits per heavy atom. The molecule has 0 aromatic heterocycles. The first-order valence-corrected chi connectivity index (χ1v) is 5.49. The molecule has 0 saturated heterocycles. The number of hydrogen-bond donors (Lipinski definition) is 0. The van der Waals surface area contributed by atoms with Gasteiger partial charge in [0.25, 0.3) is 0 Å². The van der Waals surface area contributed by atoms with Gasteiger partial charge in [-0.25, -0.2) is 4.39 Å². The Bertz CT molecular complexity index is 465. The highest BCUT2D eigenvalue weighted by molar-refractivity contribution is 6.52. The Morgan fingerprint density at radius 3 is 2.24 bits per heavy atom. The lowest BCUT2D eigenvalue weighted by molar-refractivity contribution is 0.414. The number of hydrogen-bond acceptors (Lipinski definition) is 1. The van der Waals surface area contributed by atoms with Crippen molar-refractivity contribution in [3.05, 3.63) is 59.9 Å². The topological polar surface area (TPSA) is 9.23 Å². The van der Waals surface area contributed by atoms with Crippen LogP contribution in [-0.4, -0.2) is 14.4 Å². The monoisotopic (exact) mass is 227 g/mol. The fourth-order valence-electron chi connectivity index (χ4n) is 1.60. The minimum Gasteiger partial charge on any atom is -0.497 e. The second-order valence-corrected chi connectivity index (χ2v) is 3.81. The van der Waals surface area contributed by atoms with E-state index in [-0.39, 0.29) is 5.82 Å². The standard InChI is InChI=1S/C14H13BFO/c1-17-14-8-2-11(3-9-14)10-15-12-4-6-13(16)7-5-12/h2-9H,10H2,1H3. The molecule has 1 radical (unpaired) electrons. The molecule has 0 N–H and O–H groups in total. The van der Waals surface area contributed by atoms with Crippen LogP contribution in [0.15, 0.2) is 48.5 Å². The number of methoxy groups -OCH3 is 1. The van der Waals surface area contributed by atoms with Gasteiger partial charge in [-0.1, -0.05) is 35.3 Å². The van der Waals surface area contributed by atoms with Gasteiger partial charge in [0.15, 0.2) is 7.28 Å². The summed E-state index contributed by atoms with van der Waals surface area (Å²) in [5.74, 6) is 0.655. The summed E-state index contributed by atoms with van der Waals surface area (Å²) >= 11 is 0. The molecule has 1 nitrogen and oxygen atoms in total. The fraction of sp³-hybridized carbons (Fsp3) is 0.143. The molecule has 0 amide bonds. The van der Waals surface area contributed by atoms with Crippen molar-refractivity contribution in [1.82, 2.24) is 0 Å². The molecule has 0 atom stereocenters. The zero-order chi connectivity index (χ0) is 12.1. The molecule has 0 fully saturated rings. The number of ether oxygens (including phenoxy) is 1. The second kappa shape index (κ2) is 5.53. The SMILES string of the molecule is COc1ccc(C[B]c2ccc(F)cc2)cc1. The predicted octanol–water partition coefficient (Wildman–Crippen LogP) is 2.36. The van der Waals surface area contributed by atoms with E-state index in [4.69, 9.17) is 4.74 Å². The molecule has 0 saturated carbocycles. The maximum absolute atomic E-state index is 12.7. The first kappa shape index (κ1) is 11.7. The third kappa shape index (κ3) is 3.35. The van der Waals surface area contributed by atoms with E-state index >= 15 is 0 Å². The minimum absolute atomic E-state index is 0.202. The van der Waals surface area contributed by atoms with Crippen molar-refractivity contribution >= 4 is 12.7 Å². The molecule has 2 aromatic carbocycles. The molecule has 0 heterocycles. The first-order valence-electron chi connectivity index (χ1n) is 5.49. The molecule has 2 aromatic rings. The van der Waals surface area contributed by atoms with Gasteiger partial charge in [-0.05, 0) is 30.6 Å². The van der Waals surface area contributed by atoms with Gasteiger partial charge in [0.1, 0.15) is 11.6 Å². The largest absolute Gasteiger partial charge is 0.497 e. The van der Waals surface area contributed by atoms with Gasteiger partial charge in [0.05, 0.1) is 7.11 Å². The highest BCUT2D eigenvalue weighted by Crippen LogP contribution is 2.11. The zero-order valence-corrected chi connectivity index (χ0v) is 9.69. The van der Waals surface area contributed by atoms with Crippen LogP contribution in [0.3, 0.4) is 0 Å². The van der Waals surface area contributed by atoms with Gasteiger partial charge in [-0.15, -0.1) is 0 Å². The summed E-state index contributed by atoms with van der Waals surface area (Å²) in [5.41, 5.74) is 2.23. The number of halogens is 1. The first-order chi connectivity index (χ1) is 8.28. The van der Waals surface area contributed by atoms with Crippen LogP contribution >= 0.6 is 0 Å². The molecule has 0 aliphatic heterocycles. The maximum Gasteiger partial charge on any atom is 0.156 e. The van der Waals surface area contributed by atoms with Gasteiger partial charge in [-0.3, -0.25) is 0 Å². The van der Waals surface area contributed by atoms with Crippen LogP contribution < -0.4 is 10.2 Å². The van der Waals surface area contributed by atoms with Crippen molar-refractivity contribution in [2.24, 2.45) is 0 Å². The minimum atomic E-state index is -0.202. The summed E-state index contributed by atoms with van der Waals surface area (Å²) < 4.78 is 17.8. The van der Waals surface area contributed by atoms with Crippen molar-refractivity contribution in [3.8, 4) is 5.75 Å². The summed E-state index contributed by atoms with van der Waals surface area (Å²) in [4.78, 5) is 0. The average Bonchev–Trinajstić information content (AvgIpc) is 2.39.